The van der Waals surface area contributed by atoms with E-state index in [4.69, 9.17) is 0 Å². The molecule has 1 aliphatic carbocycles. The molecule has 10 heavy (non-hydrogen) atoms. The number of hydrogen-bond donors (Lipinski definition) is 0. The summed E-state index contributed by atoms with van der Waals surface area (Å²) in [6.45, 7) is 1.34. The molecular weight excluding hydrogens is 122 g/mol. The Balaban J connectivity index is 1.99. The Bertz CT molecular complexity index is 167. The molecule has 0 N–H and O–H groups in total. The lowest BCUT2D eigenvalue weighted by molar-refractivity contribution is 0.323. The molecule has 3 unspecified atom stereocenters. The highest BCUT2D eigenvalue weighted by Crippen LogP contribution is 2.45. The van der Waals surface area contributed by atoms with Gasteiger partial charge in [-0.15, -0.1) is 0 Å². The topological polar surface area (TPSA) is 3.24 Å². The summed E-state index contributed by atoms with van der Waals surface area (Å²) in [5.74, 6) is 1.98. The van der Waals surface area contributed by atoms with Gasteiger partial charge in [-0.2, -0.15) is 0 Å². The molecule has 1 heteroatoms. The number of nitrogens with zero attached hydrogens (tertiary/aromatic N) is 1. The standard InChI is InChI=1S/C9H13N/c1-2-8-7-4-5-10(6-7)9(8)3-1/h4-5,7-9H,1-3,6H2. The van der Waals surface area contributed by atoms with Crippen LogP contribution in [0.5, 0.6) is 0 Å². The molecule has 0 aromatic carbocycles. The Kier molecular flexibility index (Phi) is 0.825. The third kappa shape index (κ3) is 0.458. The molecule has 2 bridgehead atoms. The minimum absolute atomic E-state index is 0.937. The second-order valence-electron chi connectivity index (χ2n) is 3.86. The molecule has 1 nitrogen and oxygen atoms in total. The van der Waals surface area contributed by atoms with E-state index in [1.165, 1.54) is 25.8 Å². The maximum atomic E-state index is 2.56. The van der Waals surface area contributed by atoms with E-state index in [0.29, 0.717) is 0 Å². The van der Waals surface area contributed by atoms with Crippen LogP contribution in [0.4, 0.5) is 0 Å². The van der Waals surface area contributed by atoms with Gasteiger partial charge in [-0.05, 0) is 25.0 Å². The monoisotopic (exact) mass is 135 g/mol. The molecule has 0 aromatic rings. The predicted molar refractivity (Wildman–Crippen MR) is 40.5 cm³/mol. The Morgan fingerprint density at radius 1 is 1.30 bits per heavy atom. The van der Waals surface area contributed by atoms with Crippen LogP contribution in [-0.2, 0) is 0 Å². The fourth-order valence-electron chi connectivity index (χ4n) is 2.99. The average molecular weight is 135 g/mol. The van der Waals surface area contributed by atoms with Crippen LogP contribution in [0, 0.1) is 11.8 Å². The summed E-state index contributed by atoms with van der Waals surface area (Å²) in [6.07, 6.45) is 9.16. The van der Waals surface area contributed by atoms with Gasteiger partial charge in [0.05, 0.1) is 0 Å². The zero-order valence-corrected chi connectivity index (χ0v) is 6.16. The van der Waals surface area contributed by atoms with E-state index in [-0.39, 0.29) is 0 Å². The van der Waals surface area contributed by atoms with Crippen molar-refractivity contribution >= 4 is 0 Å². The summed E-state index contributed by atoms with van der Waals surface area (Å²) in [7, 11) is 0. The van der Waals surface area contributed by atoms with Crippen LogP contribution in [0.25, 0.3) is 0 Å². The van der Waals surface area contributed by atoms with Crippen molar-refractivity contribution in [2.45, 2.75) is 25.3 Å². The Hall–Kier alpha value is -0.460. The van der Waals surface area contributed by atoms with Gasteiger partial charge in [0.15, 0.2) is 0 Å². The van der Waals surface area contributed by atoms with Crippen molar-refractivity contribution in [1.29, 1.82) is 0 Å². The maximum Gasteiger partial charge on any atom is 0.0319 e. The number of fused-ring (bicyclic) bond motifs is 5. The average Bonchev–Trinajstić information content (AvgIpc) is 2.60. The van der Waals surface area contributed by atoms with Crippen LogP contribution in [0.2, 0.25) is 0 Å². The van der Waals surface area contributed by atoms with Crippen LogP contribution in [0.15, 0.2) is 12.3 Å². The fraction of sp³-hybridized carbons (Fsp3) is 0.778. The van der Waals surface area contributed by atoms with Crippen LogP contribution in [0.1, 0.15) is 19.3 Å². The lowest BCUT2D eigenvalue weighted by Gasteiger charge is -2.22. The highest BCUT2D eigenvalue weighted by Gasteiger charge is 2.44. The van der Waals surface area contributed by atoms with E-state index in [1.54, 1.807) is 0 Å². The van der Waals surface area contributed by atoms with Gasteiger partial charge < -0.3 is 4.90 Å². The maximum absolute atomic E-state index is 2.56. The van der Waals surface area contributed by atoms with Gasteiger partial charge in [0, 0.05) is 18.5 Å². The number of rotatable bonds is 0. The molecule has 3 rings (SSSR count). The summed E-state index contributed by atoms with van der Waals surface area (Å²) in [6, 6.07) is 0.954. The highest BCUT2D eigenvalue weighted by molar-refractivity contribution is 5.13. The Morgan fingerprint density at radius 2 is 2.30 bits per heavy atom. The van der Waals surface area contributed by atoms with Crippen molar-refractivity contribution in [3.8, 4) is 0 Å². The van der Waals surface area contributed by atoms with Gasteiger partial charge in [-0.1, -0.05) is 12.5 Å². The summed E-state index contributed by atoms with van der Waals surface area (Å²) < 4.78 is 0. The van der Waals surface area contributed by atoms with Gasteiger partial charge in [0.2, 0.25) is 0 Å². The smallest absolute Gasteiger partial charge is 0.0319 e. The predicted octanol–water partition coefficient (Wildman–Crippen LogP) is 1.61. The van der Waals surface area contributed by atoms with Crippen LogP contribution < -0.4 is 0 Å². The third-order valence-electron chi connectivity index (χ3n) is 3.45. The van der Waals surface area contributed by atoms with E-state index in [2.05, 4.69) is 17.2 Å². The number of hydrogen-bond acceptors (Lipinski definition) is 1. The van der Waals surface area contributed by atoms with Crippen LogP contribution >= 0.6 is 0 Å². The van der Waals surface area contributed by atoms with Crippen molar-refractivity contribution in [1.82, 2.24) is 4.90 Å². The molecule has 0 aromatic heterocycles. The minimum atomic E-state index is 0.937. The first kappa shape index (κ1) is 5.22. The minimum Gasteiger partial charge on any atom is -0.374 e. The summed E-state index contributed by atoms with van der Waals surface area (Å²) in [5.41, 5.74) is 0. The van der Waals surface area contributed by atoms with Crippen molar-refractivity contribution < 1.29 is 0 Å². The highest BCUT2D eigenvalue weighted by atomic mass is 15.2. The van der Waals surface area contributed by atoms with E-state index >= 15 is 0 Å². The van der Waals surface area contributed by atoms with Gasteiger partial charge in [-0.25, -0.2) is 0 Å². The van der Waals surface area contributed by atoms with Crippen LogP contribution in [0.3, 0.4) is 0 Å². The van der Waals surface area contributed by atoms with Gasteiger partial charge in [0.1, 0.15) is 0 Å². The van der Waals surface area contributed by atoms with Crippen LogP contribution in [-0.4, -0.2) is 17.5 Å². The van der Waals surface area contributed by atoms with Crippen molar-refractivity contribution in [3.05, 3.63) is 12.3 Å². The molecular formula is C9H13N. The molecule has 2 fully saturated rings. The van der Waals surface area contributed by atoms with Gasteiger partial charge >= 0.3 is 0 Å². The van der Waals surface area contributed by atoms with E-state index < -0.39 is 0 Å². The first-order valence-electron chi connectivity index (χ1n) is 4.39. The first-order chi connectivity index (χ1) is 4.95. The summed E-state index contributed by atoms with van der Waals surface area (Å²) in [5, 5.41) is 0. The second-order valence-corrected chi connectivity index (χ2v) is 3.86. The molecule has 0 amide bonds. The zero-order valence-electron chi connectivity index (χ0n) is 6.16. The quantitative estimate of drug-likeness (QED) is 0.488. The lowest BCUT2D eigenvalue weighted by Crippen LogP contribution is -2.25. The molecule has 0 radical (unpaired) electrons. The van der Waals surface area contributed by atoms with Gasteiger partial charge in [0.25, 0.3) is 0 Å². The molecule has 1 saturated carbocycles. The molecule has 1 saturated heterocycles. The third-order valence-corrected chi connectivity index (χ3v) is 3.45. The largest absolute Gasteiger partial charge is 0.374 e. The molecule has 54 valence electrons. The van der Waals surface area contributed by atoms with E-state index in [0.717, 1.165) is 17.9 Å². The van der Waals surface area contributed by atoms with Crippen molar-refractivity contribution in [3.63, 3.8) is 0 Å². The molecule has 3 aliphatic rings. The normalized spacial score (nSPS) is 48.8. The SMILES string of the molecule is C1=CN2CC1C1CCCC12. The molecule has 2 aliphatic heterocycles. The second kappa shape index (κ2) is 1.58. The van der Waals surface area contributed by atoms with E-state index in [1.807, 2.05) is 0 Å². The summed E-state index contributed by atoms with van der Waals surface area (Å²) in [4.78, 5) is 2.56. The van der Waals surface area contributed by atoms with Gasteiger partial charge in [-0.3, -0.25) is 0 Å². The molecule has 0 spiro atoms. The van der Waals surface area contributed by atoms with Crippen molar-refractivity contribution in [2.24, 2.45) is 11.8 Å². The Labute approximate surface area is 61.7 Å². The van der Waals surface area contributed by atoms with E-state index in [9.17, 15) is 0 Å². The lowest BCUT2D eigenvalue weighted by atomic mass is 9.92. The summed E-state index contributed by atoms with van der Waals surface area (Å²) >= 11 is 0. The zero-order chi connectivity index (χ0) is 6.55. The first-order valence-corrected chi connectivity index (χ1v) is 4.39. The van der Waals surface area contributed by atoms with Crippen molar-refractivity contribution in [2.75, 3.05) is 6.54 Å². The Morgan fingerprint density at radius 3 is 3.20 bits per heavy atom. The molecule has 2 heterocycles. The fourth-order valence-corrected chi connectivity index (χ4v) is 2.99. The molecule has 3 atom stereocenters.